The smallest absolute Gasteiger partial charge is 0.127 e. The molecule has 0 aromatic heterocycles. The van der Waals surface area contributed by atoms with Crippen LogP contribution in [0.15, 0.2) is 170 Å². The molecule has 0 heterocycles. The fraction of sp³-hybridized carbons (Fsp3) is 0.0667. The number of anilines is 4. The Bertz CT molecular complexity index is 2030. The van der Waals surface area contributed by atoms with Gasteiger partial charge in [0, 0.05) is 28.2 Å². The molecule has 266 valence electrons. The Balaban J connectivity index is 0.000000192. The molecule has 0 atom stereocenters. The lowest BCUT2D eigenvalue weighted by atomic mass is 9.78. The molecule has 0 aliphatic heterocycles. The summed E-state index contributed by atoms with van der Waals surface area (Å²) in [7, 11) is 0. The number of hydrogen-bond acceptors (Lipinski definition) is 8. The topological polar surface area (TPSA) is 141 Å². The van der Waals surface area contributed by atoms with Crippen LogP contribution in [0.4, 0.5) is 22.7 Å². The first-order valence-electron chi connectivity index (χ1n) is 17.0. The van der Waals surface area contributed by atoms with Crippen molar-refractivity contribution < 1.29 is 18.9 Å². The summed E-state index contributed by atoms with van der Waals surface area (Å²) in [6, 6.07) is 53.0. The fourth-order valence-corrected chi connectivity index (χ4v) is 5.31. The van der Waals surface area contributed by atoms with Crippen LogP contribution < -0.4 is 41.9 Å². The molecule has 0 aliphatic rings. The van der Waals surface area contributed by atoms with E-state index in [-0.39, 0.29) is 5.41 Å². The second-order valence-electron chi connectivity index (χ2n) is 12.8. The lowest BCUT2D eigenvalue weighted by Gasteiger charge is -2.26. The molecule has 7 rings (SSSR count). The molecular formula is C45H42N4O4. The Morgan fingerprint density at radius 2 is 0.415 bits per heavy atom. The van der Waals surface area contributed by atoms with Crippen molar-refractivity contribution in [2.45, 2.75) is 19.3 Å². The maximum absolute atomic E-state index is 5.91. The first-order chi connectivity index (χ1) is 25.6. The van der Waals surface area contributed by atoms with Crippen LogP contribution in [-0.4, -0.2) is 0 Å². The second kappa shape index (κ2) is 16.3. The highest BCUT2D eigenvalue weighted by atomic mass is 16.5. The van der Waals surface area contributed by atoms with E-state index in [2.05, 4.69) is 38.1 Å². The molecule has 7 aromatic carbocycles. The highest BCUT2D eigenvalue weighted by Gasteiger charge is 2.23. The normalized spacial score (nSPS) is 10.8. The van der Waals surface area contributed by atoms with Crippen molar-refractivity contribution in [1.82, 2.24) is 0 Å². The minimum atomic E-state index is -0.167. The lowest BCUT2D eigenvalue weighted by molar-refractivity contribution is 0.469. The molecule has 0 fully saturated rings. The summed E-state index contributed by atoms with van der Waals surface area (Å²) in [6.07, 6.45) is 0. The standard InChI is InChI=1S/C27H26N2O2.C18H16N2O2/c1-27(2,19-3-11-23(12-4-19)30-25-15-7-21(28)8-16-25)20-5-13-24(14-6-20)31-26-17-9-22(29)10-18-26;19-13-1-5-15(6-2-13)21-17-9-11-18(12-10-17)22-16-7-3-14(20)4-8-16/h3-18H,28-29H2,1-2H3;1-12H,19-20H2. The van der Waals surface area contributed by atoms with E-state index in [1.54, 1.807) is 24.3 Å². The van der Waals surface area contributed by atoms with E-state index < -0.39 is 0 Å². The van der Waals surface area contributed by atoms with Crippen LogP contribution in [0.3, 0.4) is 0 Å². The Kier molecular flexibility index (Phi) is 11.0. The van der Waals surface area contributed by atoms with Crippen LogP contribution in [0.5, 0.6) is 46.0 Å². The average Bonchev–Trinajstić information content (AvgIpc) is 3.17. The van der Waals surface area contributed by atoms with E-state index in [0.717, 1.165) is 46.0 Å². The van der Waals surface area contributed by atoms with Crippen molar-refractivity contribution in [3.05, 3.63) is 181 Å². The summed E-state index contributed by atoms with van der Waals surface area (Å²) in [5.74, 6) is 6.04. The number of nitrogens with two attached hydrogens (primary N) is 4. The molecular weight excluding hydrogens is 661 g/mol. The van der Waals surface area contributed by atoms with Crippen molar-refractivity contribution >= 4 is 22.7 Å². The number of nitrogen functional groups attached to an aromatic ring is 4. The molecule has 0 radical (unpaired) electrons. The van der Waals surface area contributed by atoms with Gasteiger partial charge in [0.15, 0.2) is 0 Å². The Labute approximate surface area is 310 Å². The van der Waals surface area contributed by atoms with Crippen molar-refractivity contribution in [2.75, 3.05) is 22.9 Å². The van der Waals surface area contributed by atoms with Gasteiger partial charge in [-0.2, -0.15) is 0 Å². The second-order valence-corrected chi connectivity index (χ2v) is 12.8. The summed E-state index contributed by atoms with van der Waals surface area (Å²) in [6.45, 7) is 4.41. The SMILES string of the molecule is CC(C)(c1ccc(Oc2ccc(N)cc2)cc1)c1ccc(Oc2ccc(N)cc2)cc1.Nc1ccc(Oc2ccc(Oc3ccc(N)cc3)cc2)cc1. The summed E-state index contributed by atoms with van der Waals surface area (Å²) in [4.78, 5) is 0. The van der Waals surface area contributed by atoms with Crippen LogP contribution in [0, 0.1) is 0 Å². The molecule has 0 amide bonds. The molecule has 0 bridgehead atoms. The lowest BCUT2D eigenvalue weighted by Crippen LogP contribution is -2.18. The first kappa shape index (κ1) is 35.8. The number of benzene rings is 7. The summed E-state index contributed by atoms with van der Waals surface area (Å²) in [5.41, 5.74) is 27.8. The van der Waals surface area contributed by atoms with Crippen LogP contribution in [0.2, 0.25) is 0 Å². The molecule has 0 saturated carbocycles. The quantitative estimate of drug-likeness (QED) is 0.103. The maximum Gasteiger partial charge on any atom is 0.127 e. The molecule has 0 unspecified atom stereocenters. The van der Waals surface area contributed by atoms with Crippen LogP contribution >= 0.6 is 0 Å². The van der Waals surface area contributed by atoms with Crippen LogP contribution in [0.25, 0.3) is 0 Å². The zero-order chi connectivity index (χ0) is 37.2. The molecule has 8 nitrogen and oxygen atoms in total. The maximum atomic E-state index is 5.91. The van der Waals surface area contributed by atoms with E-state index >= 15 is 0 Å². The van der Waals surface area contributed by atoms with E-state index in [1.165, 1.54) is 11.1 Å². The van der Waals surface area contributed by atoms with Gasteiger partial charge >= 0.3 is 0 Å². The van der Waals surface area contributed by atoms with Gasteiger partial charge in [0.05, 0.1) is 0 Å². The predicted molar refractivity (Wildman–Crippen MR) is 215 cm³/mol. The fourth-order valence-electron chi connectivity index (χ4n) is 5.31. The van der Waals surface area contributed by atoms with Gasteiger partial charge in [-0.1, -0.05) is 38.1 Å². The van der Waals surface area contributed by atoms with E-state index in [4.69, 9.17) is 41.9 Å². The number of rotatable bonds is 10. The molecule has 0 saturated heterocycles. The van der Waals surface area contributed by atoms with Gasteiger partial charge in [0.1, 0.15) is 46.0 Å². The van der Waals surface area contributed by atoms with Gasteiger partial charge in [-0.15, -0.1) is 0 Å². The largest absolute Gasteiger partial charge is 0.457 e. The van der Waals surface area contributed by atoms with Crippen molar-refractivity contribution in [2.24, 2.45) is 0 Å². The van der Waals surface area contributed by atoms with Gasteiger partial charge in [0.25, 0.3) is 0 Å². The molecule has 0 aliphatic carbocycles. The van der Waals surface area contributed by atoms with Gasteiger partial charge in [0.2, 0.25) is 0 Å². The summed E-state index contributed by atoms with van der Waals surface area (Å²) in [5, 5.41) is 0. The summed E-state index contributed by atoms with van der Waals surface area (Å²) < 4.78 is 23.3. The van der Waals surface area contributed by atoms with Crippen molar-refractivity contribution in [1.29, 1.82) is 0 Å². The first-order valence-corrected chi connectivity index (χ1v) is 17.0. The Hall–Kier alpha value is -7.06. The van der Waals surface area contributed by atoms with Gasteiger partial charge < -0.3 is 41.9 Å². The minimum absolute atomic E-state index is 0.167. The van der Waals surface area contributed by atoms with Gasteiger partial charge in [-0.3, -0.25) is 0 Å². The van der Waals surface area contributed by atoms with Crippen LogP contribution in [0.1, 0.15) is 25.0 Å². The Morgan fingerprint density at radius 1 is 0.264 bits per heavy atom. The summed E-state index contributed by atoms with van der Waals surface area (Å²) >= 11 is 0. The van der Waals surface area contributed by atoms with E-state index in [9.17, 15) is 0 Å². The van der Waals surface area contributed by atoms with Crippen molar-refractivity contribution in [3.63, 3.8) is 0 Å². The third kappa shape index (κ3) is 10.0. The molecule has 53 heavy (non-hydrogen) atoms. The Morgan fingerprint density at radius 3 is 0.604 bits per heavy atom. The third-order valence-corrected chi connectivity index (χ3v) is 8.44. The van der Waals surface area contributed by atoms with Gasteiger partial charge in [-0.05, 0) is 157 Å². The third-order valence-electron chi connectivity index (χ3n) is 8.44. The predicted octanol–water partition coefficient (Wildman–Crippen LogP) is 11.2. The van der Waals surface area contributed by atoms with Crippen LogP contribution in [-0.2, 0) is 5.41 Å². The molecule has 8 N–H and O–H groups in total. The number of hydrogen-bond donors (Lipinski definition) is 4. The van der Waals surface area contributed by atoms with E-state index in [0.29, 0.717) is 22.7 Å². The molecule has 0 spiro atoms. The highest BCUT2D eigenvalue weighted by molar-refractivity contribution is 5.48. The zero-order valence-corrected chi connectivity index (χ0v) is 29.6. The molecule has 7 aromatic rings. The number of ether oxygens (including phenoxy) is 4. The highest BCUT2D eigenvalue weighted by Crippen LogP contribution is 2.35. The monoisotopic (exact) mass is 702 g/mol. The zero-order valence-electron chi connectivity index (χ0n) is 29.6. The molecule has 8 heteroatoms. The van der Waals surface area contributed by atoms with E-state index in [1.807, 2.05) is 121 Å². The minimum Gasteiger partial charge on any atom is -0.457 e. The van der Waals surface area contributed by atoms with Gasteiger partial charge in [-0.25, -0.2) is 0 Å². The van der Waals surface area contributed by atoms with Crippen molar-refractivity contribution in [3.8, 4) is 46.0 Å². The average molecular weight is 703 g/mol.